The Labute approximate surface area is 99.0 Å². The summed E-state index contributed by atoms with van der Waals surface area (Å²) in [5, 5.41) is 3.70. The van der Waals surface area contributed by atoms with E-state index in [0.717, 1.165) is 11.5 Å². The summed E-state index contributed by atoms with van der Waals surface area (Å²) in [6.07, 6.45) is 1.51. The van der Waals surface area contributed by atoms with E-state index in [1.807, 2.05) is 11.8 Å². The monoisotopic (exact) mass is 246 g/mol. The lowest BCUT2D eigenvalue weighted by Crippen LogP contribution is -2.19. The third-order valence-electron chi connectivity index (χ3n) is 1.72. The zero-order valence-corrected chi connectivity index (χ0v) is 10.4. The highest BCUT2D eigenvalue weighted by atomic mass is 35.5. The van der Waals surface area contributed by atoms with Crippen LogP contribution in [0.15, 0.2) is 6.20 Å². The van der Waals surface area contributed by atoms with Crippen LogP contribution in [-0.4, -0.2) is 27.5 Å². The minimum Gasteiger partial charge on any atom is -0.368 e. The highest BCUT2D eigenvalue weighted by Crippen LogP contribution is 2.19. The number of nitrogen functional groups attached to an aromatic ring is 1. The van der Waals surface area contributed by atoms with Crippen LogP contribution in [0.3, 0.4) is 0 Å². The predicted molar refractivity (Wildman–Crippen MR) is 67.5 cm³/mol. The smallest absolute Gasteiger partial charge is 0.222 e. The van der Waals surface area contributed by atoms with Crippen LogP contribution >= 0.6 is 23.4 Å². The van der Waals surface area contributed by atoms with Gasteiger partial charge in [-0.25, -0.2) is 4.98 Å². The molecule has 84 valence electrons. The lowest BCUT2D eigenvalue weighted by atomic mass is 10.4. The number of hydrogen-bond acceptors (Lipinski definition) is 5. The minimum absolute atomic E-state index is 0.234. The van der Waals surface area contributed by atoms with Gasteiger partial charge in [0.25, 0.3) is 0 Å². The maximum atomic E-state index is 5.92. The molecule has 1 aromatic rings. The van der Waals surface area contributed by atoms with Gasteiger partial charge in [0.1, 0.15) is 5.02 Å². The zero-order chi connectivity index (χ0) is 11.3. The van der Waals surface area contributed by atoms with E-state index in [9.17, 15) is 0 Å². The molecule has 0 aliphatic carbocycles. The van der Waals surface area contributed by atoms with E-state index < -0.39 is 0 Å². The first-order chi connectivity index (χ1) is 7.13. The molecule has 4 nitrogen and oxygen atoms in total. The van der Waals surface area contributed by atoms with Crippen molar-refractivity contribution in [3.63, 3.8) is 0 Å². The molecular formula is C9H15ClN4S. The van der Waals surface area contributed by atoms with Crippen molar-refractivity contribution in [2.45, 2.75) is 19.9 Å². The molecule has 0 bridgehead atoms. The number of rotatable bonds is 5. The fraction of sp³-hybridized carbons (Fsp3) is 0.556. The molecule has 0 amide bonds. The quantitative estimate of drug-likeness (QED) is 0.835. The summed E-state index contributed by atoms with van der Waals surface area (Å²) >= 11 is 7.79. The van der Waals surface area contributed by atoms with Crippen molar-refractivity contribution in [2.75, 3.05) is 22.6 Å². The minimum atomic E-state index is 0.234. The Morgan fingerprint density at radius 1 is 1.67 bits per heavy atom. The Kier molecular flexibility index (Phi) is 4.98. The molecule has 3 N–H and O–H groups in total. The van der Waals surface area contributed by atoms with Gasteiger partial charge >= 0.3 is 0 Å². The van der Waals surface area contributed by atoms with Crippen LogP contribution in [0.5, 0.6) is 0 Å². The van der Waals surface area contributed by atoms with Gasteiger partial charge in [0, 0.05) is 11.8 Å². The molecule has 15 heavy (non-hydrogen) atoms. The van der Waals surface area contributed by atoms with Gasteiger partial charge in [0.15, 0.2) is 5.82 Å². The maximum Gasteiger partial charge on any atom is 0.222 e. The Morgan fingerprint density at radius 3 is 3.07 bits per heavy atom. The summed E-state index contributed by atoms with van der Waals surface area (Å²) in [4.78, 5) is 7.83. The average molecular weight is 247 g/mol. The molecule has 0 saturated heterocycles. The molecule has 0 saturated carbocycles. The summed E-state index contributed by atoms with van der Waals surface area (Å²) in [6, 6.07) is 0.307. The highest BCUT2D eigenvalue weighted by molar-refractivity contribution is 7.99. The second-order valence-electron chi connectivity index (χ2n) is 3.13. The van der Waals surface area contributed by atoms with Crippen molar-refractivity contribution in [2.24, 2.45) is 0 Å². The first kappa shape index (κ1) is 12.4. The summed E-state index contributed by atoms with van der Waals surface area (Å²) < 4.78 is 0. The van der Waals surface area contributed by atoms with Crippen molar-refractivity contribution in [1.29, 1.82) is 0 Å². The van der Waals surface area contributed by atoms with Gasteiger partial charge < -0.3 is 11.1 Å². The van der Waals surface area contributed by atoms with Gasteiger partial charge in [-0.05, 0) is 12.7 Å². The molecule has 6 heteroatoms. The molecular weight excluding hydrogens is 232 g/mol. The van der Waals surface area contributed by atoms with Crippen LogP contribution < -0.4 is 11.1 Å². The molecule has 1 atom stereocenters. The summed E-state index contributed by atoms with van der Waals surface area (Å²) in [5.41, 5.74) is 5.48. The average Bonchev–Trinajstić information content (AvgIpc) is 2.20. The topological polar surface area (TPSA) is 63.8 Å². The maximum absolute atomic E-state index is 5.92. The van der Waals surface area contributed by atoms with Crippen molar-refractivity contribution in [3.8, 4) is 0 Å². The van der Waals surface area contributed by atoms with E-state index >= 15 is 0 Å². The van der Waals surface area contributed by atoms with Gasteiger partial charge in [-0.15, -0.1) is 0 Å². The van der Waals surface area contributed by atoms with Crippen molar-refractivity contribution < 1.29 is 0 Å². The molecule has 0 fully saturated rings. The van der Waals surface area contributed by atoms with E-state index in [1.165, 1.54) is 6.20 Å². The standard InChI is InChI=1S/C9H15ClN4S/c1-3-15-5-6(2)13-8-7(10)4-12-9(11)14-8/h4,6H,3,5H2,1-2H3,(H3,11,12,13,14). The molecule has 0 aliphatic rings. The van der Waals surface area contributed by atoms with E-state index in [0.29, 0.717) is 16.9 Å². The molecule has 0 aliphatic heterocycles. The Morgan fingerprint density at radius 2 is 2.40 bits per heavy atom. The van der Waals surface area contributed by atoms with E-state index in [1.54, 1.807) is 0 Å². The van der Waals surface area contributed by atoms with Gasteiger partial charge in [0.2, 0.25) is 5.95 Å². The molecule has 1 heterocycles. The lowest BCUT2D eigenvalue weighted by molar-refractivity contribution is 0.900. The fourth-order valence-corrected chi connectivity index (χ4v) is 1.87. The van der Waals surface area contributed by atoms with E-state index in [4.69, 9.17) is 17.3 Å². The number of aromatic nitrogens is 2. The molecule has 1 rings (SSSR count). The Bertz CT molecular complexity index is 321. The molecule has 1 unspecified atom stereocenters. The predicted octanol–water partition coefficient (Wildman–Crippen LogP) is 2.27. The van der Waals surface area contributed by atoms with Gasteiger partial charge in [0.05, 0.1) is 6.20 Å². The van der Waals surface area contributed by atoms with Crippen LogP contribution in [0, 0.1) is 0 Å². The third kappa shape index (κ3) is 4.13. The van der Waals surface area contributed by atoms with Crippen LogP contribution in [0.2, 0.25) is 5.02 Å². The Hall–Kier alpha value is -0.680. The highest BCUT2D eigenvalue weighted by Gasteiger charge is 2.07. The molecule has 0 radical (unpaired) electrons. The van der Waals surface area contributed by atoms with E-state index in [-0.39, 0.29) is 5.95 Å². The normalized spacial score (nSPS) is 12.5. The largest absolute Gasteiger partial charge is 0.368 e. The summed E-state index contributed by atoms with van der Waals surface area (Å²) in [7, 11) is 0. The first-order valence-corrected chi connectivity index (χ1v) is 6.29. The van der Waals surface area contributed by atoms with Crippen molar-refractivity contribution in [1.82, 2.24) is 9.97 Å². The molecule has 0 spiro atoms. The lowest BCUT2D eigenvalue weighted by Gasteiger charge is -2.14. The number of nitrogens with two attached hydrogens (primary N) is 1. The number of anilines is 2. The zero-order valence-electron chi connectivity index (χ0n) is 8.83. The summed E-state index contributed by atoms with van der Waals surface area (Å²) in [6.45, 7) is 4.21. The van der Waals surface area contributed by atoms with Crippen molar-refractivity contribution >= 4 is 35.1 Å². The molecule has 1 aromatic heterocycles. The van der Waals surface area contributed by atoms with Crippen LogP contribution in [0.1, 0.15) is 13.8 Å². The van der Waals surface area contributed by atoms with Crippen LogP contribution in [0.25, 0.3) is 0 Å². The Balaban J connectivity index is 2.59. The SMILES string of the molecule is CCSCC(C)Nc1nc(N)ncc1Cl. The van der Waals surface area contributed by atoms with Gasteiger partial charge in [-0.1, -0.05) is 18.5 Å². The van der Waals surface area contributed by atoms with Crippen LogP contribution in [-0.2, 0) is 0 Å². The third-order valence-corrected chi connectivity index (χ3v) is 3.14. The summed E-state index contributed by atoms with van der Waals surface area (Å²) in [5.74, 6) is 2.95. The second-order valence-corrected chi connectivity index (χ2v) is 4.86. The fourth-order valence-electron chi connectivity index (χ4n) is 1.05. The van der Waals surface area contributed by atoms with Crippen molar-refractivity contribution in [3.05, 3.63) is 11.2 Å². The first-order valence-electron chi connectivity index (χ1n) is 4.75. The van der Waals surface area contributed by atoms with Gasteiger partial charge in [-0.2, -0.15) is 16.7 Å². The van der Waals surface area contributed by atoms with Crippen LogP contribution in [0.4, 0.5) is 11.8 Å². The number of nitrogens with zero attached hydrogens (tertiary/aromatic N) is 2. The number of halogens is 1. The van der Waals surface area contributed by atoms with E-state index in [2.05, 4.69) is 29.1 Å². The second kappa shape index (κ2) is 6.02. The van der Waals surface area contributed by atoms with Gasteiger partial charge in [-0.3, -0.25) is 0 Å². The molecule has 0 aromatic carbocycles. The number of thioether (sulfide) groups is 1. The number of nitrogens with one attached hydrogen (secondary N) is 1. The number of hydrogen-bond donors (Lipinski definition) is 2.